The van der Waals surface area contributed by atoms with Gasteiger partial charge in [0.2, 0.25) is 5.91 Å². The Morgan fingerprint density at radius 1 is 0.962 bits per heavy atom. The third-order valence-electron chi connectivity index (χ3n) is 3.63. The van der Waals surface area contributed by atoms with Crippen LogP contribution in [0.4, 0.5) is 4.79 Å². The molecule has 3 aromatic rings. The van der Waals surface area contributed by atoms with Gasteiger partial charge in [-0.25, -0.2) is 4.79 Å². The Morgan fingerprint density at radius 2 is 1.65 bits per heavy atom. The van der Waals surface area contributed by atoms with Gasteiger partial charge in [0.1, 0.15) is 10.7 Å². The van der Waals surface area contributed by atoms with Crippen LogP contribution in [0.5, 0.6) is 0 Å². The fraction of sp³-hybridized carbons (Fsp3) is 0.158. The predicted octanol–water partition coefficient (Wildman–Crippen LogP) is 3.23. The Hall–Kier alpha value is -2.93. The summed E-state index contributed by atoms with van der Waals surface area (Å²) in [7, 11) is 0. The highest BCUT2D eigenvalue weighted by molar-refractivity contribution is 8.00. The molecule has 0 atom stereocenters. The Morgan fingerprint density at radius 3 is 2.38 bits per heavy atom. The van der Waals surface area contributed by atoms with Crippen LogP contribution in [-0.2, 0) is 4.79 Å². The van der Waals surface area contributed by atoms with Gasteiger partial charge in [0.15, 0.2) is 0 Å². The molecule has 6 nitrogen and oxygen atoms in total. The highest BCUT2D eigenvalue weighted by atomic mass is 32.2. The first kappa shape index (κ1) is 17.9. The number of aromatic nitrogens is 2. The van der Waals surface area contributed by atoms with Gasteiger partial charge in [-0.3, -0.25) is 10.1 Å². The van der Waals surface area contributed by atoms with Gasteiger partial charge >= 0.3 is 6.03 Å². The number of thioether (sulfide) groups is 1. The molecule has 0 fully saturated rings. The number of urea groups is 1. The molecule has 0 unspecified atom stereocenters. The average Bonchev–Trinajstić information content (AvgIpc) is 2.67. The summed E-state index contributed by atoms with van der Waals surface area (Å²) in [6.45, 7) is 2.25. The summed E-state index contributed by atoms with van der Waals surface area (Å²) in [5, 5.41) is 16.0. The predicted molar refractivity (Wildman–Crippen MR) is 103 cm³/mol. The number of carbonyl (C=O) groups is 2. The Labute approximate surface area is 155 Å². The highest BCUT2D eigenvalue weighted by Crippen LogP contribution is 2.31. The van der Waals surface area contributed by atoms with E-state index >= 15 is 0 Å². The molecule has 0 spiro atoms. The number of nitrogens with one attached hydrogen (secondary N) is 2. The molecule has 7 heteroatoms. The molecule has 0 aliphatic heterocycles. The highest BCUT2D eigenvalue weighted by Gasteiger charge is 2.13. The van der Waals surface area contributed by atoms with Crippen LogP contribution in [0.3, 0.4) is 0 Å². The molecule has 26 heavy (non-hydrogen) atoms. The van der Waals surface area contributed by atoms with E-state index in [2.05, 4.69) is 20.8 Å². The van der Waals surface area contributed by atoms with Crippen molar-refractivity contribution in [3.63, 3.8) is 0 Å². The maximum absolute atomic E-state index is 11.9. The lowest BCUT2D eigenvalue weighted by atomic mass is 10.1. The summed E-state index contributed by atoms with van der Waals surface area (Å²) in [5.74, 6) is -0.292. The number of carbonyl (C=O) groups excluding carboxylic acids is 2. The third kappa shape index (κ3) is 4.18. The van der Waals surface area contributed by atoms with Crippen LogP contribution in [-0.4, -0.2) is 34.4 Å². The van der Waals surface area contributed by atoms with E-state index in [0.29, 0.717) is 11.6 Å². The van der Waals surface area contributed by atoms with Crippen molar-refractivity contribution in [2.75, 3.05) is 12.3 Å². The Bertz CT molecular complexity index is 931. The van der Waals surface area contributed by atoms with Crippen molar-refractivity contribution < 1.29 is 9.59 Å². The first-order chi connectivity index (χ1) is 12.7. The number of fused-ring (bicyclic) bond motifs is 1. The molecule has 3 amide bonds. The summed E-state index contributed by atoms with van der Waals surface area (Å²) in [6.07, 6.45) is 0. The minimum atomic E-state index is -0.492. The lowest BCUT2D eigenvalue weighted by Crippen LogP contribution is -2.40. The lowest BCUT2D eigenvalue weighted by Gasteiger charge is -2.09. The van der Waals surface area contributed by atoms with E-state index in [9.17, 15) is 9.59 Å². The second-order valence-corrected chi connectivity index (χ2v) is 6.43. The second kappa shape index (κ2) is 8.44. The molecular weight excluding hydrogens is 348 g/mol. The Kier molecular flexibility index (Phi) is 5.80. The molecule has 132 valence electrons. The van der Waals surface area contributed by atoms with Crippen LogP contribution < -0.4 is 10.6 Å². The molecule has 3 rings (SSSR count). The first-order valence-electron chi connectivity index (χ1n) is 8.20. The van der Waals surface area contributed by atoms with Crippen molar-refractivity contribution in [1.82, 2.24) is 20.8 Å². The first-order valence-corrected chi connectivity index (χ1v) is 9.19. The Balaban J connectivity index is 1.82. The van der Waals surface area contributed by atoms with Gasteiger partial charge in [0.05, 0.1) is 5.75 Å². The minimum Gasteiger partial charge on any atom is -0.338 e. The fourth-order valence-corrected chi connectivity index (χ4v) is 3.27. The zero-order valence-electron chi connectivity index (χ0n) is 14.2. The molecule has 0 saturated carbocycles. The monoisotopic (exact) mass is 366 g/mol. The molecule has 1 aromatic heterocycles. The van der Waals surface area contributed by atoms with Crippen LogP contribution in [0.2, 0.25) is 0 Å². The van der Waals surface area contributed by atoms with Crippen LogP contribution in [0.25, 0.3) is 22.0 Å². The van der Waals surface area contributed by atoms with Gasteiger partial charge in [-0.15, -0.1) is 10.2 Å². The zero-order chi connectivity index (χ0) is 18.4. The molecule has 0 radical (unpaired) electrons. The van der Waals surface area contributed by atoms with Crippen molar-refractivity contribution in [1.29, 1.82) is 0 Å². The van der Waals surface area contributed by atoms with E-state index in [4.69, 9.17) is 0 Å². The quantitative estimate of drug-likeness (QED) is 0.677. The van der Waals surface area contributed by atoms with E-state index in [1.54, 1.807) is 6.92 Å². The number of imide groups is 1. The van der Waals surface area contributed by atoms with Gasteiger partial charge in [-0.2, -0.15) is 0 Å². The summed E-state index contributed by atoms with van der Waals surface area (Å²) in [4.78, 5) is 23.3. The maximum atomic E-state index is 11.9. The van der Waals surface area contributed by atoms with Crippen molar-refractivity contribution >= 4 is 34.5 Å². The van der Waals surface area contributed by atoms with Crippen LogP contribution in [0.1, 0.15) is 6.92 Å². The summed E-state index contributed by atoms with van der Waals surface area (Å²) in [6, 6.07) is 17.2. The fourth-order valence-electron chi connectivity index (χ4n) is 2.50. The average molecular weight is 366 g/mol. The van der Waals surface area contributed by atoms with E-state index in [-0.39, 0.29) is 11.7 Å². The molecule has 1 heterocycles. The summed E-state index contributed by atoms with van der Waals surface area (Å²) >= 11 is 1.26. The molecule has 2 aromatic carbocycles. The van der Waals surface area contributed by atoms with Crippen molar-refractivity contribution in [2.24, 2.45) is 0 Å². The largest absolute Gasteiger partial charge is 0.338 e. The van der Waals surface area contributed by atoms with Gasteiger partial charge in [-0.1, -0.05) is 66.4 Å². The molecule has 0 aliphatic rings. The molecule has 0 aliphatic carbocycles. The van der Waals surface area contributed by atoms with Crippen LogP contribution in [0.15, 0.2) is 59.6 Å². The molecular formula is C19H18N4O2S. The number of rotatable bonds is 5. The molecule has 0 saturated heterocycles. The summed E-state index contributed by atoms with van der Waals surface area (Å²) in [5.41, 5.74) is 1.79. The van der Waals surface area contributed by atoms with E-state index < -0.39 is 6.03 Å². The van der Waals surface area contributed by atoms with Gasteiger partial charge < -0.3 is 5.32 Å². The number of nitrogens with zero attached hydrogens (tertiary/aromatic N) is 2. The second-order valence-electron chi connectivity index (χ2n) is 5.46. The van der Waals surface area contributed by atoms with E-state index in [1.807, 2.05) is 54.6 Å². The van der Waals surface area contributed by atoms with Crippen molar-refractivity contribution in [3.05, 3.63) is 54.6 Å². The minimum absolute atomic E-state index is 0.0838. The normalized spacial score (nSPS) is 10.5. The van der Waals surface area contributed by atoms with Crippen molar-refractivity contribution in [3.8, 4) is 11.3 Å². The van der Waals surface area contributed by atoms with E-state index in [1.165, 1.54) is 11.8 Å². The number of hydrogen-bond acceptors (Lipinski definition) is 5. The van der Waals surface area contributed by atoms with E-state index in [0.717, 1.165) is 22.0 Å². The molecule has 2 N–H and O–H groups in total. The number of benzene rings is 2. The van der Waals surface area contributed by atoms with Crippen molar-refractivity contribution in [2.45, 2.75) is 11.9 Å². The SMILES string of the molecule is CCNC(=O)NC(=O)CSc1nnc(-c2ccccc2)c2ccccc12. The summed E-state index contributed by atoms with van der Waals surface area (Å²) < 4.78 is 0. The van der Waals surface area contributed by atoms with Crippen LogP contribution >= 0.6 is 11.8 Å². The van der Waals surface area contributed by atoms with Gasteiger partial charge in [0.25, 0.3) is 0 Å². The smallest absolute Gasteiger partial charge is 0.321 e. The zero-order valence-corrected chi connectivity index (χ0v) is 15.0. The number of hydrogen-bond donors (Lipinski definition) is 2. The third-order valence-corrected chi connectivity index (χ3v) is 4.61. The standard InChI is InChI=1S/C19H18N4O2S/c1-2-20-19(25)21-16(24)12-26-18-15-11-7-6-10-14(15)17(22-23-18)13-8-4-3-5-9-13/h3-11H,2,12H2,1H3,(H2,20,21,24,25). The van der Waals surface area contributed by atoms with Gasteiger partial charge in [0, 0.05) is 22.9 Å². The molecule has 0 bridgehead atoms. The lowest BCUT2D eigenvalue weighted by molar-refractivity contribution is -0.117. The topological polar surface area (TPSA) is 84.0 Å². The van der Waals surface area contributed by atoms with Gasteiger partial charge in [-0.05, 0) is 6.92 Å². The van der Waals surface area contributed by atoms with Crippen LogP contribution in [0, 0.1) is 0 Å². The number of amides is 3. The maximum Gasteiger partial charge on any atom is 0.321 e.